The van der Waals surface area contributed by atoms with Crippen LogP contribution < -0.4 is 5.73 Å². The zero-order chi connectivity index (χ0) is 9.68. The van der Waals surface area contributed by atoms with Crippen molar-refractivity contribution >= 4 is 6.09 Å². The number of nitrogens with two attached hydrogens (primary N) is 1. The predicted molar refractivity (Wildman–Crippen MR) is 47.1 cm³/mol. The van der Waals surface area contributed by atoms with Crippen LogP contribution in [0.3, 0.4) is 0 Å². The molecule has 0 aromatic heterocycles. The second-order valence-corrected chi connectivity index (χ2v) is 2.98. The third kappa shape index (κ3) is 2.86. The lowest BCUT2D eigenvalue weighted by molar-refractivity contribution is -0.0823. The van der Waals surface area contributed by atoms with Crippen LogP contribution in [-0.4, -0.2) is 44.0 Å². The standard InChI is InChI=1S/C8H16N2O3/c1-12-7(6-9)13-8(11)10-4-2-3-5-10/h7H,2-6,9H2,1H3. The summed E-state index contributed by atoms with van der Waals surface area (Å²) in [6.07, 6.45) is 1.16. The SMILES string of the molecule is COC(CN)OC(=O)N1CCCC1. The Balaban J connectivity index is 2.30. The highest BCUT2D eigenvalue weighted by Gasteiger charge is 2.21. The molecule has 5 nitrogen and oxygen atoms in total. The Morgan fingerprint density at radius 2 is 2.15 bits per heavy atom. The van der Waals surface area contributed by atoms with Gasteiger partial charge in [0.1, 0.15) is 0 Å². The van der Waals surface area contributed by atoms with Crippen molar-refractivity contribution in [2.75, 3.05) is 26.7 Å². The summed E-state index contributed by atoms with van der Waals surface area (Å²) in [5, 5.41) is 0. The minimum atomic E-state index is -0.617. The molecule has 1 saturated heterocycles. The summed E-state index contributed by atoms with van der Waals surface area (Å²) < 4.78 is 9.81. The van der Waals surface area contributed by atoms with Crippen molar-refractivity contribution in [3.8, 4) is 0 Å². The average molecular weight is 188 g/mol. The number of ether oxygens (including phenoxy) is 2. The highest BCUT2D eigenvalue weighted by atomic mass is 16.7. The lowest BCUT2D eigenvalue weighted by Gasteiger charge is -2.19. The molecule has 0 bridgehead atoms. The molecule has 1 fully saturated rings. The Hall–Kier alpha value is -0.810. The fourth-order valence-electron chi connectivity index (χ4n) is 1.28. The molecule has 5 heteroatoms. The van der Waals surface area contributed by atoms with Gasteiger partial charge in [-0.1, -0.05) is 0 Å². The smallest absolute Gasteiger partial charge is 0.412 e. The number of nitrogens with zero attached hydrogens (tertiary/aromatic N) is 1. The molecule has 1 unspecified atom stereocenters. The lowest BCUT2D eigenvalue weighted by Crippen LogP contribution is -2.35. The zero-order valence-electron chi connectivity index (χ0n) is 7.86. The number of methoxy groups -OCH3 is 1. The fourth-order valence-corrected chi connectivity index (χ4v) is 1.28. The van der Waals surface area contributed by atoms with Crippen LogP contribution in [0.25, 0.3) is 0 Å². The van der Waals surface area contributed by atoms with E-state index < -0.39 is 6.29 Å². The molecule has 0 saturated carbocycles. The van der Waals surface area contributed by atoms with E-state index in [4.69, 9.17) is 15.2 Å². The van der Waals surface area contributed by atoms with Gasteiger partial charge in [-0.15, -0.1) is 0 Å². The minimum absolute atomic E-state index is 0.191. The van der Waals surface area contributed by atoms with Gasteiger partial charge in [-0.2, -0.15) is 0 Å². The monoisotopic (exact) mass is 188 g/mol. The van der Waals surface area contributed by atoms with Gasteiger partial charge < -0.3 is 20.1 Å². The normalized spacial score (nSPS) is 18.8. The zero-order valence-corrected chi connectivity index (χ0v) is 7.86. The van der Waals surface area contributed by atoms with Crippen LogP contribution in [0.5, 0.6) is 0 Å². The first-order valence-corrected chi connectivity index (χ1v) is 4.46. The molecule has 0 radical (unpaired) electrons. The number of hydrogen-bond acceptors (Lipinski definition) is 4. The van der Waals surface area contributed by atoms with E-state index in [1.165, 1.54) is 7.11 Å². The van der Waals surface area contributed by atoms with Crippen LogP contribution >= 0.6 is 0 Å². The summed E-state index contributed by atoms with van der Waals surface area (Å²) in [7, 11) is 1.47. The van der Waals surface area contributed by atoms with Gasteiger partial charge >= 0.3 is 6.09 Å². The number of carbonyl (C=O) groups excluding carboxylic acids is 1. The maximum Gasteiger partial charge on any atom is 0.412 e. The van der Waals surface area contributed by atoms with Gasteiger partial charge in [0.15, 0.2) is 0 Å². The van der Waals surface area contributed by atoms with Crippen molar-refractivity contribution in [2.45, 2.75) is 19.1 Å². The first kappa shape index (κ1) is 10.3. The van der Waals surface area contributed by atoms with E-state index in [0.717, 1.165) is 25.9 Å². The Morgan fingerprint density at radius 1 is 1.54 bits per heavy atom. The summed E-state index contributed by atoms with van der Waals surface area (Å²) in [6.45, 7) is 1.75. The molecule has 0 spiro atoms. The van der Waals surface area contributed by atoms with Crippen molar-refractivity contribution in [2.24, 2.45) is 5.73 Å². The summed E-state index contributed by atoms with van der Waals surface area (Å²) in [5.41, 5.74) is 5.31. The van der Waals surface area contributed by atoms with Crippen LogP contribution in [-0.2, 0) is 9.47 Å². The Bertz CT molecular complexity index is 165. The highest BCUT2D eigenvalue weighted by Crippen LogP contribution is 2.09. The fraction of sp³-hybridized carbons (Fsp3) is 0.875. The number of rotatable bonds is 3. The van der Waals surface area contributed by atoms with Crippen molar-refractivity contribution in [3.63, 3.8) is 0 Å². The summed E-state index contributed by atoms with van der Waals surface area (Å²) in [5.74, 6) is 0. The number of carbonyl (C=O) groups is 1. The third-order valence-electron chi connectivity index (χ3n) is 2.05. The molecule has 0 aromatic rings. The molecule has 1 rings (SSSR count). The molecule has 1 heterocycles. The largest absolute Gasteiger partial charge is 0.418 e. The molecular weight excluding hydrogens is 172 g/mol. The summed E-state index contributed by atoms with van der Waals surface area (Å²) in [4.78, 5) is 13.0. The lowest BCUT2D eigenvalue weighted by atomic mass is 10.4. The van der Waals surface area contributed by atoms with Gasteiger partial charge in [0.05, 0.1) is 6.54 Å². The molecule has 1 aliphatic rings. The summed E-state index contributed by atoms with van der Waals surface area (Å²) >= 11 is 0. The first-order valence-electron chi connectivity index (χ1n) is 4.46. The van der Waals surface area contributed by atoms with E-state index in [9.17, 15) is 4.79 Å². The number of hydrogen-bond donors (Lipinski definition) is 1. The molecule has 0 aromatic carbocycles. The van der Waals surface area contributed by atoms with Crippen LogP contribution in [0.2, 0.25) is 0 Å². The Kier molecular flexibility index (Phi) is 3.98. The molecule has 1 atom stereocenters. The topological polar surface area (TPSA) is 64.8 Å². The quantitative estimate of drug-likeness (QED) is 0.640. The van der Waals surface area contributed by atoms with E-state index in [1.54, 1.807) is 4.90 Å². The molecule has 1 aliphatic heterocycles. The van der Waals surface area contributed by atoms with Crippen LogP contribution in [0.1, 0.15) is 12.8 Å². The maximum absolute atomic E-state index is 11.3. The van der Waals surface area contributed by atoms with Gasteiger partial charge in [0, 0.05) is 20.2 Å². The second kappa shape index (κ2) is 5.04. The van der Waals surface area contributed by atoms with Gasteiger partial charge in [-0.05, 0) is 12.8 Å². The van der Waals surface area contributed by atoms with E-state index in [2.05, 4.69) is 0 Å². The van der Waals surface area contributed by atoms with E-state index in [0.29, 0.717) is 0 Å². The van der Waals surface area contributed by atoms with Crippen molar-refractivity contribution in [1.82, 2.24) is 4.90 Å². The molecular formula is C8H16N2O3. The van der Waals surface area contributed by atoms with Crippen molar-refractivity contribution in [1.29, 1.82) is 0 Å². The van der Waals surface area contributed by atoms with Crippen LogP contribution in [0, 0.1) is 0 Å². The first-order chi connectivity index (χ1) is 6.27. The maximum atomic E-state index is 11.3. The minimum Gasteiger partial charge on any atom is -0.418 e. The van der Waals surface area contributed by atoms with Gasteiger partial charge in [0.2, 0.25) is 6.29 Å². The third-order valence-corrected chi connectivity index (χ3v) is 2.05. The molecule has 0 aliphatic carbocycles. The van der Waals surface area contributed by atoms with Crippen LogP contribution in [0.4, 0.5) is 4.79 Å². The molecule has 2 N–H and O–H groups in total. The van der Waals surface area contributed by atoms with Crippen molar-refractivity contribution in [3.05, 3.63) is 0 Å². The Morgan fingerprint density at radius 3 is 2.62 bits per heavy atom. The van der Waals surface area contributed by atoms with E-state index in [-0.39, 0.29) is 12.6 Å². The van der Waals surface area contributed by atoms with Crippen molar-refractivity contribution < 1.29 is 14.3 Å². The number of likely N-dealkylation sites (tertiary alicyclic amines) is 1. The molecule has 76 valence electrons. The molecule has 13 heavy (non-hydrogen) atoms. The second-order valence-electron chi connectivity index (χ2n) is 2.98. The van der Waals surface area contributed by atoms with Gasteiger partial charge in [0.25, 0.3) is 0 Å². The average Bonchev–Trinajstić information content (AvgIpc) is 2.66. The van der Waals surface area contributed by atoms with E-state index >= 15 is 0 Å². The highest BCUT2D eigenvalue weighted by molar-refractivity contribution is 5.67. The van der Waals surface area contributed by atoms with E-state index in [1.807, 2.05) is 0 Å². The number of amides is 1. The summed E-state index contributed by atoms with van der Waals surface area (Å²) in [6, 6.07) is 0. The predicted octanol–water partition coefficient (Wildman–Crippen LogP) is 0.150. The van der Waals surface area contributed by atoms with Gasteiger partial charge in [-0.25, -0.2) is 4.79 Å². The van der Waals surface area contributed by atoms with Crippen LogP contribution in [0.15, 0.2) is 0 Å². The molecule has 1 amide bonds. The van der Waals surface area contributed by atoms with Gasteiger partial charge in [-0.3, -0.25) is 0 Å². The Labute approximate surface area is 77.8 Å².